The standard InChI is InChI=1S/C16H25N3O2/c17-10-13-2-1-9-19(13)14(21)11-18-16-6-3-15(12-20,4-7-16)5-8-16/h13,18,20H,1-9,11-12H2/t13-,15?,16?/m0/s1. The maximum atomic E-state index is 12.3. The third-order valence-corrected chi connectivity index (χ3v) is 6.07. The fraction of sp³-hybridized carbons (Fsp3) is 0.875. The van der Waals surface area contributed by atoms with E-state index in [2.05, 4.69) is 11.4 Å². The normalized spacial score (nSPS) is 38.5. The van der Waals surface area contributed by atoms with E-state index in [1.165, 1.54) is 0 Å². The first-order valence-corrected chi connectivity index (χ1v) is 8.17. The molecule has 5 nitrogen and oxygen atoms in total. The summed E-state index contributed by atoms with van der Waals surface area (Å²) in [5.74, 6) is 0.0676. The summed E-state index contributed by atoms with van der Waals surface area (Å²) in [4.78, 5) is 14.0. The van der Waals surface area contributed by atoms with Gasteiger partial charge >= 0.3 is 0 Å². The Labute approximate surface area is 126 Å². The Bertz CT molecular complexity index is 432. The maximum Gasteiger partial charge on any atom is 0.237 e. The number of amides is 1. The molecular formula is C16H25N3O2. The first-order valence-electron chi connectivity index (χ1n) is 8.17. The number of nitriles is 1. The number of carbonyl (C=O) groups is 1. The summed E-state index contributed by atoms with van der Waals surface area (Å²) in [6, 6.07) is 2.00. The molecule has 4 rings (SSSR count). The minimum atomic E-state index is -0.225. The van der Waals surface area contributed by atoms with Crippen LogP contribution >= 0.6 is 0 Å². The molecule has 0 unspecified atom stereocenters. The number of nitrogens with zero attached hydrogens (tertiary/aromatic N) is 2. The van der Waals surface area contributed by atoms with Gasteiger partial charge in [-0.3, -0.25) is 4.79 Å². The van der Waals surface area contributed by atoms with Gasteiger partial charge in [-0.2, -0.15) is 5.26 Å². The number of likely N-dealkylation sites (tertiary alicyclic amines) is 1. The molecule has 0 aromatic rings. The van der Waals surface area contributed by atoms with Crippen LogP contribution in [0.4, 0.5) is 0 Å². The number of fused-ring (bicyclic) bond motifs is 3. The average Bonchev–Trinajstić information content (AvgIpc) is 3.03. The molecule has 1 heterocycles. The third kappa shape index (κ3) is 2.67. The highest BCUT2D eigenvalue weighted by Crippen LogP contribution is 2.51. The van der Waals surface area contributed by atoms with Crippen LogP contribution in [0.2, 0.25) is 0 Å². The van der Waals surface area contributed by atoms with Crippen molar-refractivity contribution < 1.29 is 9.90 Å². The zero-order valence-electron chi connectivity index (χ0n) is 12.6. The van der Waals surface area contributed by atoms with E-state index in [4.69, 9.17) is 5.26 Å². The number of aliphatic hydroxyl groups is 1. The summed E-state index contributed by atoms with van der Waals surface area (Å²) >= 11 is 0. The molecule has 5 heteroatoms. The zero-order valence-corrected chi connectivity index (χ0v) is 12.6. The van der Waals surface area contributed by atoms with Gasteiger partial charge in [0.2, 0.25) is 5.91 Å². The Morgan fingerprint density at radius 2 is 1.95 bits per heavy atom. The van der Waals surface area contributed by atoms with Crippen molar-refractivity contribution in [3.63, 3.8) is 0 Å². The largest absolute Gasteiger partial charge is 0.396 e. The molecule has 21 heavy (non-hydrogen) atoms. The van der Waals surface area contributed by atoms with Crippen LogP contribution in [0, 0.1) is 16.7 Å². The fourth-order valence-electron chi connectivity index (χ4n) is 4.33. The van der Waals surface area contributed by atoms with Crippen molar-refractivity contribution in [2.75, 3.05) is 19.7 Å². The molecule has 2 bridgehead atoms. The topological polar surface area (TPSA) is 76.4 Å². The Kier molecular flexibility index (Phi) is 3.94. The van der Waals surface area contributed by atoms with Crippen LogP contribution in [0.5, 0.6) is 0 Å². The van der Waals surface area contributed by atoms with Crippen LogP contribution in [0.15, 0.2) is 0 Å². The Morgan fingerprint density at radius 1 is 1.29 bits per heavy atom. The van der Waals surface area contributed by atoms with Crippen LogP contribution in [-0.2, 0) is 4.79 Å². The minimum Gasteiger partial charge on any atom is -0.396 e. The van der Waals surface area contributed by atoms with Crippen molar-refractivity contribution in [3.05, 3.63) is 0 Å². The molecule has 4 aliphatic rings. The number of nitrogens with one attached hydrogen (secondary N) is 1. The van der Waals surface area contributed by atoms with Gasteiger partial charge < -0.3 is 15.3 Å². The lowest BCUT2D eigenvalue weighted by molar-refractivity contribution is -0.131. The second kappa shape index (κ2) is 5.58. The summed E-state index contributed by atoms with van der Waals surface area (Å²) in [5, 5.41) is 22.1. The van der Waals surface area contributed by atoms with Gasteiger partial charge in [0, 0.05) is 18.7 Å². The Balaban J connectivity index is 1.54. The lowest BCUT2D eigenvalue weighted by Crippen LogP contribution is -2.57. The van der Waals surface area contributed by atoms with Crippen molar-refractivity contribution in [1.29, 1.82) is 5.26 Å². The summed E-state index contributed by atoms with van der Waals surface area (Å²) in [5.41, 5.74) is 0.253. The van der Waals surface area contributed by atoms with E-state index in [1.54, 1.807) is 4.90 Å². The van der Waals surface area contributed by atoms with Gasteiger partial charge in [-0.25, -0.2) is 0 Å². The maximum absolute atomic E-state index is 12.3. The van der Waals surface area contributed by atoms with E-state index in [0.29, 0.717) is 13.2 Å². The second-order valence-electron chi connectivity index (χ2n) is 7.17. The summed E-state index contributed by atoms with van der Waals surface area (Å²) in [6.45, 7) is 1.38. The monoisotopic (exact) mass is 291 g/mol. The minimum absolute atomic E-state index is 0.0676. The highest BCUT2D eigenvalue weighted by Gasteiger charge is 2.48. The summed E-state index contributed by atoms with van der Waals surface area (Å²) in [6.07, 6.45) is 8.12. The van der Waals surface area contributed by atoms with E-state index in [1.807, 2.05) is 0 Å². The molecule has 1 atom stereocenters. The van der Waals surface area contributed by atoms with Crippen LogP contribution in [0.25, 0.3) is 0 Å². The average molecular weight is 291 g/mol. The smallest absolute Gasteiger partial charge is 0.237 e. The number of aliphatic hydroxyl groups excluding tert-OH is 1. The molecule has 116 valence electrons. The van der Waals surface area contributed by atoms with Gasteiger partial charge in [0.05, 0.1) is 12.6 Å². The van der Waals surface area contributed by atoms with Crippen molar-refractivity contribution in [2.24, 2.45) is 5.41 Å². The molecular weight excluding hydrogens is 266 g/mol. The molecule has 0 spiro atoms. The van der Waals surface area contributed by atoms with Gasteiger partial charge in [0.15, 0.2) is 0 Å². The van der Waals surface area contributed by atoms with Crippen LogP contribution < -0.4 is 5.32 Å². The van der Waals surface area contributed by atoms with Crippen molar-refractivity contribution >= 4 is 5.91 Å². The van der Waals surface area contributed by atoms with E-state index < -0.39 is 0 Å². The quantitative estimate of drug-likeness (QED) is 0.815. The lowest BCUT2D eigenvalue weighted by atomic mass is 9.57. The third-order valence-electron chi connectivity index (χ3n) is 6.07. The molecule has 1 aliphatic heterocycles. The molecule has 4 fully saturated rings. The fourth-order valence-corrected chi connectivity index (χ4v) is 4.33. The molecule has 0 radical (unpaired) electrons. The van der Waals surface area contributed by atoms with E-state index in [-0.39, 0.29) is 22.9 Å². The van der Waals surface area contributed by atoms with Crippen LogP contribution in [0.1, 0.15) is 51.4 Å². The highest BCUT2D eigenvalue weighted by atomic mass is 16.3. The summed E-state index contributed by atoms with van der Waals surface area (Å²) < 4.78 is 0. The van der Waals surface area contributed by atoms with Gasteiger partial charge in [-0.1, -0.05) is 0 Å². The lowest BCUT2D eigenvalue weighted by Gasteiger charge is -2.53. The number of carbonyl (C=O) groups excluding carboxylic acids is 1. The summed E-state index contributed by atoms with van der Waals surface area (Å²) in [7, 11) is 0. The van der Waals surface area contributed by atoms with E-state index in [9.17, 15) is 9.90 Å². The van der Waals surface area contributed by atoms with Gasteiger partial charge in [0.25, 0.3) is 0 Å². The first-order chi connectivity index (χ1) is 10.1. The second-order valence-corrected chi connectivity index (χ2v) is 7.17. The van der Waals surface area contributed by atoms with Gasteiger partial charge in [0.1, 0.15) is 6.04 Å². The van der Waals surface area contributed by atoms with Crippen molar-refractivity contribution in [1.82, 2.24) is 10.2 Å². The molecule has 2 N–H and O–H groups in total. The predicted molar refractivity (Wildman–Crippen MR) is 78.3 cm³/mol. The molecule has 3 saturated carbocycles. The van der Waals surface area contributed by atoms with Crippen molar-refractivity contribution in [3.8, 4) is 6.07 Å². The predicted octanol–water partition coefficient (Wildman–Crippen LogP) is 1.18. The Hall–Kier alpha value is -1.12. The molecule has 0 aromatic carbocycles. The van der Waals surface area contributed by atoms with Gasteiger partial charge in [-0.15, -0.1) is 0 Å². The highest BCUT2D eigenvalue weighted by molar-refractivity contribution is 5.79. The Morgan fingerprint density at radius 3 is 2.52 bits per heavy atom. The SMILES string of the molecule is N#C[C@@H]1CCCN1C(=O)CNC12CCC(CO)(CC1)CC2. The number of hydrogen-bond donors (Lipinski definition) is 2. The molecule has 3 aliphatic carbocycles. The van der Waals surface area contributed by atoms with E-state index in [0.717, 1.165) is 57.9 Å². The molecule has 0 aromatic heterocycles. The van der Waals surface area contributed by atoms with Crippen LogP contribution in [-0.4, -0.2) is 47.2 Å². The number of rotatable bonds is 4. The van der Waals surface area contributed by atoms with Crippen molar-refractivity contribution in [2.45, 2.75) is 62.9 Å². The van der Waals surface area contributed by atoms with Crippen LogP contribution in [0.3, 0.4) is 0 Å². The zero-order chi connectivity index (χ0) is 14.9. The molecule has 1 saturated heterocycles. The first kappa shape index (κ1) is 14.8. The molecule has 1 amide bonds. The number of hydrogen-bond acceptors (Lipinski definition) is 4. The van der Waals surface area contributed by atoms with Gasteiger partial charge in [-0.05, 0) is 56.8 Å². The van der Waals surface area contributed by atoms with E-state index >= 15 is 0 Å².